The Kier molecular flexibility index (Phi) is 7.30. The van der Waals surface area contributed by atoms with E-state index in [0.29, 0.717) is 19.5 Å². The molecule has 1 amide bonds. The van der Waals surface area contributed by atoms with Crippen molar-refractivity contribution < 1.29 is 13.2 Å². The van der Waals surface area contributed by atoms with Crippen LogP contribution in [0.25, 0.3) is 0 Å². The highest BCUT2D eigenvalue weighted by Gasteiger charge is 2.40. The Morgan fingerprint density at radius 3 is 2.52 bits per heavy atom. The van der Waals surface area contributed by atoms with Gasteiger partial charge in [0.25, 0.3) is 0 Å². The van der Waals surface area contributed by atoms with Crippen LogP contribution in [0.2, 0.25) is 0 Å². The molecule has 152 valence electrons. The summed E-state index contributed by atoms with van der Waals surface area (Å²) in [7, 11) is -3.01. The maximum Gasteiger partial charge on any atom is 0.239 e. The van der Waals surface area contributed by atoms with Crippen molar-refractivity contribution >= 4 is 28.2 Å². The first kappa shape index (κ1) is 22.1. The molecule has 4 atom stereocenters. The number of likely N-dealkylation sites (N-methyl/N-ethyl adjacent to an activating group) is 1. The molecule has 0 spiro atoms. The van der Waals surface area contributed by atoms with Gasteiger partial charge in [-0.25, -0.2) is 8.42 Å². The van der Waals surface area contributed by atoms with E-state index in [4.69, 9.17) is 5.73 Å². The Bertz CT molecular complexity index is 744. The van der Waals surface area contributed by atoms with Gasteiger partial charge in [-0.15, -0.1) is 12.4 Å². The van der Waals surface area contributed by atoms with E-state index in [1.54, 1.807) is 4.90 Å². The molecular formula is C19H30ClN3O3S. The molecule has 2 fully saturated rings. The third-order valence-corrected chi connectivity index (χ3v) is 7.55. The fourth-order valence-corrected chi connectivity index (χ4v) is 5.97. The lowest BCUT2D eigenvalue weighted by Crippen LogP contribution is -2.50. The van der Waals surface area contributed by atoms with Gasteiger partial charge in [-0.05, 0) is 25.8 Å². The minimum Gasteiger partial charge on any atom is -0.338 e. The van der Waals surface area contributed by atoms with Gasteiger partial charge in [0.05, 0.1) is 17.5 Å². The molecule has 2 aliphatic heterocycles. The van der Waals surface area contributed by atoms with Gasteiger partial charge < -0.3 is 10.6 Å². The second-order valence-corrected chi connectivity index (χ2v) is 9.72. The van der Waals surface area contributed by atoms with E-state index in [1.807, 2.05) is 32.0 Å². The smallest absolute Gasteiger partial charge is 0.239 e. The Balaban J connectivity index is 0.00000261. The van der Waals surface area contributed by atoms with Crippen LogP contribution in [0.15, 0.2) is 30.3 Å². The van der Waals surface area contributed by atoms with Gasteiger partial charge in [-0.1, -0.05) is 30.3 Å². The second-order valence-electron chi connectivity index (χ2n) is 7.49. The zero-order chi connectivity index (χ0) is 18.9. The average molecular weight is 416 g/mol. The monoisotopic (exact) mass is 415 g/mol. The third-order valence-electron chi connectivity index (χ3n) is 5.80. The van der Waals surface area contributed by atoms with Crippen molar-refractivity contribution in [1.82, 2.24) is 9.80 Å². The fourth-order valence-electron chi connectivity index (χ4n) is 4.24. The summed E-state index contributed by atoms with van der Waals surface area (Å²) < 4.78 is 23.6. The number of rotatable bonds is 5. The number of amides is 1. The van der Waals surface area contributed by atoms with E-state index >= 15 is 0 Å². The molecule has 27 heavy (non-hydrogen) atoms. The Hall–Kier alpha value is -1.15. The van der Waals surface area contributed by atoms with E-state index in [2.05, 4.69) is 17.0 Å². The number of sulfone groups is 1. The SMILES string of the molecule is CCN(C(=O)C(C)N1C[C@@H](N)[C@H](c2ccccc2)C1)C1CCS(=O)(=O)C1.Cl. The van der Waals surface area contributed by atoms with E-state index in [9.17, 15) is 13.2 Å². The quantitative estimate of drug-likeness (QED) is 0.782. The van der Waals surface area contributed by atoms with Gasteiger partial charge in [-0.2, -0.15) is 0 Å². The summed E-state index contributed by atoms with van der Waals surface area (Å²) in [6.07, 6.45) is 0.542. The van der Waals surface area contributed by atoms with E-state index in [-0.39, 0.29) is 53.9 Å². The molecule has 2 heterocycles. The lowest BCUT2D eigenvalue weighted by atomic mass is 9.95. The molecular weight excluding hydrogens is 386 g/mol. The lowest BCUT2D eigenvalue weighted by Gasteiger charge is -2.33. The number of carbonyl (C=O) groups is 1. The summed E-state index contributed by atoms with van der Waals surface area (Å²) in [5, 5.41) is 0. The predicted molar refractivity (Wildman–Crippen MR) is 110 cm³/mol. The molecule has 2 aliphatic rings. The van der Waals surface area contributed by atoms with Crippen molar-refractivity contribution in [3.8, 4) is 0 Å². The molecule has 1 aromatic carbocycles. The van der Waals surface area contributed by atoms with Crippen LogP contribution < -0.4 is 5.73 Å². The van der Waals surface area contributed by atoms with Crippen molar-refractivity contribution in [2.75, 3.05) is 31.1 Å². The molecule has 2 saturated heterocycles. The molecule has 0 aromatic heterocycles. The summed E-state index contributed by atoms with van der Waals surface area (Å²) in [5.74, 6) is 0.496. The number of halogens is 1. The van der Waals surface area contributed by atoms with Crippen molar-refractivity contribution in [3.05, 3.63) is 35.9 Å². The fraction of sp³-hybridized carbons (Fsp3) is 0.632. The lowest BCUT2D eigenvalue weighted by molar-refractivity contribution is -0.137. The van der Waals surface area contributed by atoms with Crippen LogP contribution >= 0.6 is 12.4 Å². The van der Waals surface area contributed by atoms with Crippen LogP contribution in [-0.2, 0) is 14.6 Å². The van der Waals surface area contributed by atoms with Gasteiger partial charge in [0.2, 0.25) is 5.91 Å². The molecule has 2 unspecified atom stereocenters. The van der Waals surface area contributed by atoms with E-state index < -0.39 is 9.84 Å². The zero-order valence-electron chi connectivity index (χ0n) is 16.0. The number of likely N-dealkylation sites (tertiary alicyclic amines) is 1. The molecule has 6 nitrogen and oxygen atoms in total. The number of benzene rings is 1. The number of nitrogens with zero attached hydrogens (tertiary/aromatic N) is 2. The summed E-state index contributed by atoms with van der Waals surface area (Å²) in [4.78, 5) is 16.9. The van der Waals surface area contributed by atoms with Crippen molar-refractivity contribution in [2.45, 2.75) is 44.3 Å². The second kappa shape index (κ2) is 8.90. The maximum atomic E-state index is 13.1. The van der Waals surface area contributed by atoms with Crippen molar-refractivity contribution in [2.24, 2.45) is 5.73 Å². The molecule has 3 rings (SSSR count). The normalized spacial score (nSPS) is 28.5. The average Bonchev–Trinajstić information content (AvgIpc) is 3.18. The van der Waals surface area contributed by atoms with Crippen LogP contribution in [0.1, 0.15) is 31.7 Å². The summed E-state index contributed by atoms with van der Waals surface area (Å²) >= 11 is 0. The zero-order valence-corrected chi connectivity index (χ0v) is 17.6. The van der Waals surface area contributed by atoms with Crippen LogP contribution in [0.5, 0.6) is 0 Å². The minimum absolute atomic E-state index is 0. The first-order valence-electron chi connectivity index (χ1n) is 9.38. The minimum atomic E-state index is -3.01. The van der Waals surface area contributed by atoms with Gasteiger partial charge in [0.15, 0.2) is 9.84 Å². The van der Waals surface area contributed by atoms with Crippen molar-refractivity contribution in [1.29, 1.82) is 0 Å². The Labute approximate surface area is 168 Å². The van der Waals surface area contributed by atoms with Crippen LogP contribution in [0, 0.1) is 0 Å². The van der Waals surface area contributed by atoms with Gasteiger partial charge >= 0.3 is 0 Å². The van der Waals surface area contributed by atoms with E-state index in [1.165, 1.54) is 5.56 Å². The standard InChI is InChI=1S/C19H29N3O3S.ClH/c1-3-22(16-9-10-26(24,25)13-16)19(23)14(2)21-11-17(18(20)12-21)15-7-5-4-6-8-15;/h4-8,14,16-18H,3,9-13,20H2,1-2H3;1H/t14?,16?,17-,18+;/m0./s1. The number of nitrogens with two attached hydrogens (primary N) is 1. The highest BCUT2D eigenvalue weighted by atomic mass is 35.5. The van der Waals surface area contributed by atoms with Crippen molar-refractivity contribution in [3.63, 3.8) is 0 Å². The van der Waals surface area contributed by atoms with Crippen LogP contribution in [0.4, 0.5) is 0 Å². The molecule has 0 aliphatic carbocycles. The largest absolute Gasteiger partial charge is 0.338 e. The molecule has 1 aromatic rings. The molecule has 2 N–H and O–H groups in total. The van der Waals surface area contributed by atoms with Crippen LogP contribution in [-0.4, -0.2) is 73.4 Å². The van der Waals surface area contributed by atoms with Gasteiger partial charge in [0, 0.05) is 37.6 Å². The van der Waals surface area contributed by atoms with Crippen LogP contribution in [0.3, 0.4) is 0 Å². The van der Waals surface area contributed by atoms with Gasteiger partial charge in [-0.3, -0.25) is 9.69 Å². The summed E-state index contributed by atoms with van der Waals surface area (Å²) in [5.41, 5.74) is 7.56. The first-order valence-corrected chi connectivity index (χ1v) is 11.2. The highest BCUT2D eigenvalue weighted by Crippen LogP contribution is 2.28. The predicted octanol–water partition coefficient (Wildman–Crippen LogP) is 1.26. The number of hydrogen-bond acceptors (Lipinski definition) is 5. The Morgan fingerprint density at radius 1 is 1.30 bits per heavy atom. The first-order chi connectivity index (χ1) is 12.3. The molecule has 0 saturated carbocycles. The molecule has 0 radical (unpaired) electrons. The van der Waals surface area contributed by atoms with Gasteiger partial charge in [0.1, 0.15) is 0 Å². The third kappa shape index (κ3) is 4.83. The topological polar surface area (TPSA) is 83.7 Å². The highest BCUT2D eigenvalue weighted by molar-refractivity contribution is 7.91. The molecule has 8 heteroatoms. The number of carbonyl (C=O) groups excluding carboxylic acids is 1. The summed E-state index contributed by atoms with van der Waals surface area (Å²) in [6, 6.07) is 9.69. The summed E-state index contributed by atoms with van der Waals surface area (Å²) in [6.45, 7) is 5.78. The van der Waals surface area contributed by atoms with E-state index in [0.717, 1.165) is 6.54 Å². The Morgan fingerprint density at radius 2 is 1.96 bits per heavy atom. The maximum absolute atomic E-state index is 13.1. The molecule has 0 bridgehead atoms. The number of hydrogen-bond donors (Lipinski definition) is 1.